The molecular weight excluding hydrogens is 245 g/mol. The molecule has 4 heteroatoms. The summed E-state index contributed by atoms with van der Waals surface area (Å²) in [4.78, 5) is 13.2. The van der Waals surface area contributed by atoms with E-state index < -0.39 is 11.8 Å². The van der Waals surface area contributed by atoms with Gasteiger partial charge in [-0.25, -0.2) is 9.18 Å². The number of carboxylic acids is 1. The SMILES string of the molecule is CC(C)CN(CC(C)C)c1cccc(F)c1C(=O)O. The van der Waals surface area contributed by atoms with Gasteiger partial charge in [-0.05, 0) is 24.0 Å². The third-order valence-corrected chi connectivity index (χ3v) is 2.72. The number of benzene rings is 1. The zero-order valence-corrected chi connectivity index (χ0v) is 12.0. The summed E-state index contributed by atoms with van der Waals surface area (Å²) >= 11 is 0. The van der Waals surface area contributed by atoms with Crippen LogP contribution in [0.1, 0.15) is 38.1 Å². The van der Waals surface area contributed by atoms with Crippen LogP contribution in [-0.4, -0.2) is 24.2 Å². The molecule has 1 aromatic carbocycles. The molecule has 0 heterocycles. The lowest BCUT2D eigenvalue weighted by Gasteiger charge is -2.29. The first-order chi connectivity index (χ1) is 8.82. The van der Waals surface area contributed by atoms with Crippen LogP contribution in [0, 0.1) is 17.7 Å². The molecule has 0 amide bonds. The van der Waals surface area contributed by atoms with E-state index in [9.17, 15) is 14.3 Å². The van der Waals surface area contributed by atoms with Crippen LogP contribution in [0.4, 0.5) is 10.1 Å². The van der Waals surface area contributed by atoms with Crippen LogP contribution in [0.25, 0.3) is 0 Å². The number of anilines is 1. The summed E-state index contributed by atoms with van der Waals surface area (Å²) in [5.41, 5.74) is 0.235. The molecule has 0 atom stereocenters. The van der Waals surface area contributed by atoms with E-state index in [1.54, 1.807) is 12.1 Å². The Morgan fingerprint density at radius 3 is 2.16 bits per heavy atom. The monoisotopic (exact) mass is 267 g/mol. The summed E-state index contributed by atoms with van der Waals surface area (Å²) in [6.07, 6.45) is 0. The molecule has 3 nitrogen and oxygen atoms in total. The molecule has 0 aliphatic carbocycles. The van der Waals surface area contributed by atoms with Crippen LogP contribution in [0.3, 0.4) is 0 Å². The van der Waals surface area contributed by atoms with Crippen LogP contribution in [0.15, 0.2) is 18.2 Å². The maximum Gasteiger partial charge on any atom is 0.340 e. The van der Waals surface area contributed by atoms with Gasteiger partial charge in [-0.2, -0.15) is 0 Å². The molecule has 1 N–H and O–H groups in total. The minimum Gasteiger partial charge on any atom is -0.478 e. The molecule has 0 radical (unpaired) electrons. The number of carbonyl (C=O) groups is 1. The number of hydrogen-bond donors (Lipinski definition) is 1. The van der Waals surface area contributed by atoms with Gasteiger partial charge < -0.3 is 10.0 Å². The molecule has 0 aliphatic heterocycles. The Hall–Kier alpha value is -1.58. The van der Waals surface area contributed by atoms with Crippen molar-refractivity contribution in [1.29, 1.82) is 0 Å². The maximum absolute atomic E-state index is 13.7. The van der Waals surface area contributed by atoms with Crippen molar-refractivity contribution in [2.24, 2.45) is 11.8 Å². The van der Waals surface area contributed by atoms with Crippen molar-refractivity contribution in [3.8, 4) is 0 Å². The van der Waals surface area contributed by atoms with Crippen molar-refractivity contribution < 1.29 is 14.3 Å². The number of carboxylic acid groups (broad SMARTS) is 1. The van der Waals surface area contributed by atoms with E-state index in [0.29, 0.717) is 30.6 Å². The zero-order valence-electron chi connectivity index (χ0n) is 12.0. The lowest BCUT2D eigenvalue weighted by atomic mass is 10.1. The van der Waals surface area contributed by atoms with Crippen LogP contribution >= 0.6 is 0 Å². The Morgan fingerprint density at radius 2 is 1.74 bits per heavy atom. The Bertz CT molecular complexity index is 434. The number of hydrogen-bond acceptors (Lipinski definition) is 2. The largest absolute Gasteiger partial charge is 0.478 e. The Labute approximate surface area is 114 Å². The summed E-state index contributed by atoms with van der Waals surface area (Å²) < 4.78 is 13.7. The summed E-state index contributed by atoms with van der Waals surface area (Å²) in [6, 6.07) is 4.43. The average molecular weight is 267 g/mol. The normalized spacial score (nSPS) is 11.1. The van der Waals surface area contributed by atoms with Gasteiger partial charge in [0, 0.05) is 13.1 Å². The van der Waals surface area contributed by atoms with Crippen molar-refractivity contribution in [1.82, 2.24) is 0 Å². The van der Waals surface area contributed by atoms with Crippen LogP contribution < -0.4 is 4.90 Å². The van der Waals surface area contributed by atoms with Crippen LogP contribution in [0.2, 0.25) is 0 Å². The molecule has 1 aromatic rings. The summed E-state index contributed by atoms with van der Waals surface area (Å²) in [5, 5.41) is 9.20. The predicted molar refractivity (Wildman–Crippen MR) is 75.2 cm³/mol. The molecule has 106 valence electrons. The number of halogens is 1. The first-order valence-corrected chi connectivity index (χ1v) is 6.59. The quantitative estimate of drug-likeness (QED) is 0.855. The predicted octanol–water partition coefficient (Wildman–Crippen LogP) is 3.64. The van der Waals surface area contributed by atoms with Gasteiger partial charge >= 0.3 is 5.97 Å². The highest BCUT2D eigenvalue weighted by atomic mass is 19.1. The van der Waals surface area contributed by atoms with E-state index in [1.807, 2.05) is 4.90 Å². The van der Waals surface area contributed by atoms with Crippen LogP contribution in [0.5, 0.6) is 0 Å². The summed E-state index contributed by atoms with van der Waals surface area (Å²) in [6.45, 7) is 9.67. The first kappa shape index (κ1) is 15.5. The third kappa shape index (κ3) is 4.23. The van der Waals surface area contributed by atoms with Gasteiger partial charge in [0.1, 0.15) is 11.4 Å². The van der Waals surface area contributed by atoms with E-state index in [2.05, 4.69) is 27.7 Å². The Morgan fingerprint density at radius 1 is 1.21 bits per heavy atom. The molecule has 0 saturated carbocycles. The molecule has 0 saturated heterocycles. The van der Waals surface area contributed by atoms with Gasteiger partial charge in [-0.15, -0.1) is 0 Å². The van der Waals surface area contributed by atoms with Gasteiger partial charge in [0.15, 0.2) is 0 Å². The Kier molecular flexibility index (Phi) is 5.33. The summed E-state index contributed by atoms with van der Waals surface area (Å²) in [7, 11) is 0. The van der Waals surface area contributed by atoms with E-state index in [0.717, 1.165) is 0 Å². The Balaban J connectivity index is 3.21. The molecular formula is C15H22FNO2. The highest BCUT2D eigenvalue weighted by molar-refractivity contribution is 5.94. The number of rotatable bonds is 6. The molecule has 0 aliphatic rings. The molecule has 0 spiro atoms. The van der Waals surface area contributed by atoms with E-state index in [4.69, 9.17) is 0 Å². The fraction of sp³-hybridized carbons (Fsp3) is 0.533. The van der Waals surface area contributed by atoms with Gasteiger partial charge in [-0.3, -0.25) is 0 Å². The van der Waals surface area contributed by atoms with Crippen molar-refractivity contribution in [2.45, 2.75) is 27.7 Å². The second-order valence-corrected chi connectivity index (χ2v) is 5.63. The molecule has 0 bridgehead atoms. The number of aromatic carboxylic acids is 1. The fourth-order valence-corrected chi connectivity index (χ4v) is 2.14. The van der Waals surface area contributed by atoms with Crippen molar-refractivity contribution in [2.75, 3.05) is 18.0 Å². The second kappa shape index (κ2) is 6.55. The molecule has 1 rings (SSSR count). The topological polar surface area (TPSA) is 40.5 Å². The molecule has 19 heavy (non-hydrogen) atoms. The van der Waals surface area contributed by atoms with Gasteiger partial charge in [-0.1, -0.05) is 33.8 Å². The highest BCUT2D eigenvalue weighted by Gasteiger charge is 2.21. The van der Waals surface area contributed by atoms with E-state index in [-0.39, 0.29) is 5.56 Å². The summed E-state index contributed by atoms with van der Waals surface area (Å²) in [5.74, 6) is -1.14. The van der Waals surface area contributed by atoms with Gasteiger partial charge in [0.25, 0.3) is 0 Å². The van der Waals surface area contributed by atoms with Crippen molar-refractivity contribution in [3.63, 3.8) is 0 Å². The standard InChI is InChI=1S/C15H22FNO2/c1-10(2)8-17(9-11(3)4)13-7-5-6-12(16)14(13)15(18)19/h5-7,10-11H,8-9H2,1-4H3,(H,18,19). The minimum absolute atomic E-state index is 0.233. The van der Waals surface area contributed by atoms with Crippen molar-refractivity contribution in [3.05, 3.63) is 29.6 Å². The third-order valence-electron chi connectivity index (χ3n) is 2.72. The molecule has 0 unspecified atom stereocenters. The van der Waals surface area contributed by atoms with E-state index in [1.165, 1.54) is 6.07 Å². The lowest BCUT2D eigenvalue weighted by molar-refractivity contribution is 0.0692. The highest BCUT2D eigenvalue weighted by Crippen LogP contribution is 2.25. The lowest BCUT2D eigenvalue weighted by Crippen LogP contribution is -2.32. The average Bonchev–Trinajstić information content (AvgIpc) is 2.25. The van der Waals surface area contributed by atoms with Gasteiger partial charge in [0.05, 0.1) is 5.69 Å². The molecule has 0 aromatic heterocycles. The van der Waals surface area contributed by atoms with E-state index >= 15 is 0 Å². The maximum atomic E-state index is 13.7. The smallest absolute Gasteiger partial charge is 0.340 e. The minimum atomic E-state index is -1.22. The van der Waals surface area contributed by atoms with Gasteiger partial charge in [0.2, 0.25) is 0 Å². The zero-order chi connectivity index (χ0) is 14.6. The van der Waals surface area contributed by atoms with Crippen molar-refractivity contribution >= 4 is 11.7 Å². The number of nitrogens with zero attached hydrogens (tertiary/aromatic N) is 1. The molecule has 0 fully saturated rings. The fourth-order valence-electron chi connectivity index (χ4n) is 2.14. The second-order valence-electron chi connectivity index (χ2n) is 5.63. The van der Waals surface area contributed by atoms with Crippen LogP contribution in [-0.2, 0) is 0 Å². The first-order valence-electron chi connectivity index (χ1n) is 6.59.